The van der Waals surface area contributed by atoms with E-state index in [0.717, 1.165) is 5.56 Å². The van der Waals surface area contributed by atoms with Gasteiger partial charge in [0.05, 0.1) is 18.2 Å². The van der Waals surface area contributed by atoms with Gasteiger partial charge in [0.2, 0.25) is 5.91 Å². The van der Waals surface area contributed by atoms with Crippen molar-refractivity contribution in [2.75, 3.05) is 24.7 Å². The van der Waals surface area contributed by atoms with Crippen LogP contribution in [0.3, 0.4) is 0 Å². The number of rotatable bonds is 4. The van der Waals surface area contributed by atoms with Crippen LogP contribution in [0.1, 0.15) is 19.4 Å². The Labute approximate surface area is 129 Å². The van der Waals surface area contributed by atoms with Crippen LogP contribution in [0, 0.1) is 0 Å². The van der Waals surface area contributed by atoms with Crippen LogP contribution >= 0.6 is 11.6 Å². The largest absolute Gasteiger partial charge is 0.377 e. The summed E-state index contributed by atoms with van der Waals surface area (Å²) in [5, 5.41) is 3.41. The molecular weight excluding hydrogens is 292 g/mol. The summed E-state index contributed by atoms with van der Waals surface area (Å²) in [4.78, 5) is 18.5. The molecule has 2 heterocycles. The zero-order chi connectivity index (χ0) is 15.4. The van der Waals surface area contributed by atoms with Crippen molar-refractivity contribution in [3.05, 3.63) is 22.8 Å². The van der Waals surface area contributed by atoms with Crippen LogP contribution in [0.5, 0.6) is 0 Å². The molecule has 3 N–H and O–H groups in total. The van der Waals surface area contributed by atoms with Crippen LogP contribution in [0.2, 0.25) is 5.02 Å². The predicted octanol–water partition coefficient (Wildman–Crippen LogP) is 0.923. The quantitative estimate of drug-likeness (QED) is 0.864. The molecule has 116 valence electrons. The number of nitrogens with one attached hydrogen (secondary N) is 1. The summed E-state index contributed by atoms with van der Waals surface area (Å²) in [5.41, 5.74) is 6.49. The van der Waals surface area contributed by atoms with Gasteiger partial charge >= 0.3 is 0 Å². The second kappa shape index (κ2) is 7.06. The van der Waals surface area contributed by atoms with E-state index in [1.54, 1.807) is 12.3 Å². The molecule has 1 saturated heterocycles. The maximum absolute atomic E-state index is 12.3. The van der Waals surface area contributed by atoms with Crippen molar-refractivity contribution >= 4 is 23.3 Å². The number of morpholine rings is 1. The van der Waals surface area contributed by atoms with Gasteiger partial charge in [0.1, 0.15) is 11.9 Å². The van der Waals surface area contributed by atoms with Crippen LogP contribution in [-0.4, -0.2) is 42.7 Å². The highest BCUT2D eigenvalue weighted by atomic mass is 35.5. The minimum absolute atomic E-state index is 0.0695. The van der Waals surface area contributed by atoms with Gasteiger partial charge in [-0.15, -0.1) is 0 Å². The first-order chi connectivity index (χ1) is 10.0. The number of nitrogens with two attached hydrogens (primary N) is 1. The van der Waals surface area contributed by atoms with E-state index in [1.165, 1.54) is 0 Å². The number of anilines is 1. The average Bonchev–Trinajstić information content (AvgIpc) is 2.47. The summed E-state index contributed by atoms with van der Waals surface area (Å²) in [6.45, 7) is 5.61. The van der Waals surface area contributed by atoms with Gasteiger partial charge in [0, 0.05) is 25.3 Å². The Morgan fingerprint density at radius 1 is 1.67 bits per heavy atom. The Balaban J connectivity index is 2.28. The van der Waals surface area contributed by atoms with Gasteiger partial charge in [-0.1, -0.05) is 11.6 Å². The van der Waals surface area contributed by atoms with Crippen molar-refractivity contribution in [3.63, 3.8) is 0 Å². The van der Waals surface area contributed by atoms with Crippen molar-refractivity contribution in [1.29, 1.82) is 0 Å². The van der Waals surface area contributed by atoms with Gasteiger partial charge in [-0.05, 0) is 25.5 Å². The number of carbonyl (C=O) groups is 1. The Hall–Kier alpha value is -1.37. The zero-order valence-corrected chi connectivity index (χ0v) is 13.1. The second-order valence-electron chi connectivity index (χ2n) is 5.26. The first-order valence-electron chi connectivity index (χ1n) is 7.02. The Morgan fingerprint density at radius 2 is 2.43 bits per heavy atom. The molecular formula is C14H21ClN4O2. The third-order valence-corrected chi connectivity index (χ3v) is 3.72. The number of halogens is 1. The molecule has 1 aliphatic rings. The molecule has 1 unspecified atom stereocenters. The number of carbonyl (C=O) groups excluding carboxylic acids is 1. The molecule has 6 nitrogen and oxygen atoms in total. The summed E-state index contributed by atoms with van der Waals surface area (Å²) in [7, 11) is 0. The lowest BCUT2D eigenvalue weighted by Gasteiger charge is -2.36. The molecule has 1 amide bonds. The van der Waals surface area contributed by atoms with Gasteiger partial charge in [-0.2, -0.15) is 0 Å². The average molecular weight is 313 g/mol. The third kappa shape index (κ3) is 3.64. The van der Waals surface area contributed by atoms with Crippen molar-refractivity contribution in [3.8, 4) is 0 Å². The SMILES string of the molecule is CC(C)NC(=O)C1COCCN1c1nccc(CN)c1Cl. The van der Waals surface area contributed by atoms with E-state index in [2.05, 4.69) is 10.3 Å². The molecule has 0 spiro atoms. The van der Waals surface area contributed by atoms with Gasteiger partial charge in [-0.25, -0.2) is 4.98 Å². The monoisotopic (exact) mass is 312 g/mol. The minimum Gasteiger partial charge on any atom is -0.377 e. The van der Waals surface area contributed by atoms with Crippen molar-refractivity contribution in [2.24, 2.45) is 5.73 Å². The molecule has 7 heteroatoms. The van der Waals surface area contributed by atoms with E-state index in [1.807, 2.05) is 18.7 Å². The third-order valence-electron chi connectivity index (χ3n) is 3.30. The summed E-state index contributed by atoms with van der Waals surface area (Å²) >= 11 is 6.36. The number of aromatic nitrogens is 1. The lowest BCUT2D eigenvalue weighted by atomic mass is 10.1. The van der Waals surface area contributed by atoms with Gasteiger partial charge in [-0.3, -0.25) is 4.79 Å². The lowest BCUT2D eigenvalue weighted by Crippen LogP contribution is -2.55. The number of hydrogen-bond donors (Lipinski definition) is 2. The van der Waals surface area contributed by atoms with Gasteiger partial charge in [0.15, 0.2) is 0 Å². The van der Waals surface area contributed by atoms with Crippen molar-refractivity contribution in [1.82, 2.24) is 10.3 Å². The molecule has 0 bridgehead atoms. The molecule has 21 heavy (non-hydrogen) atoms. The second-order valence-corrected chi connectivity index (χ2v) is 5.64. The smallest absolute Gasteiger partial charge is 0.245 e. The Morgan fingerprint density at radius 3 is 3.10 bits per heavy atom. The highest BCUT2D eigenvalue weighted by molar-refractivity contribution is 6.33. The Bertz CT molecular complexity index is 510. The van der Waals surface area contributed by atoms with Crippen LogP contribution in [0.4, 0.5) is 5.82 Å². The van der Waals surface area contributed by atoms with Gasteiger partial charge in [0.25, 0.3) is 0 Å². The van der Waals surface area contributed by atoms with E-state index in [0.29, 0.717) is 37.1 Å². The van der Waals surface area contributed by atoms with Crippen LogP contribution < -0.4 is 16.0 Å². The number of ether oxygens (including phenoxy) is 1. The molecule has 2 rings (SSSR count). The fourth-order valence-corrected chi connectivity index (χ4v) is 2.58. The number of pyridine rings is 1. The fourth-order valence-electron chi connectivity index (χ4n) is 2.28. The molecule has 1 aliphatic heterocycles. The van der Waals surface area contributed by atoms with E-state index in [-0.39, 0.29) is 11.9 Å². The molecule has 0 aliphatic carbocycles. The summed E-state index contributed by atoms with van der Waals surface area (Å²) in [6, 6.07) is 1.43. The highest BCUT2D eigenvalue weighted by Gasteiger charge is 2.32. The molecule has 0 radical (unpaired) electrons. The zero-order valence-electron chi connectivity index (χ0n) is 12.3. The first kappa shape index (κ1) is 16.0. The van der Waals surface area contributed by atoms with E-state index >= 15 is 0 Å². The van der Waals surface area contributed by atoms with E-state index in [9.17, 15) is 4.79 Å². The topological polar surface area (TPSA) is 80.5 Å². The molecule has 1 aromatic rings. The maximum Gasteiger partial charge on any atom is 0.245 e. The number of hydrogen-bond acceptors (Lipinski definition) is 5. The molecule has 1 atom stereocenters. The van der Waals surface area contributed by atoms with Crippen LogP contribution in [-0.2, 0) is 16.1 Å². The van der Waals surface area contributed by atoms with Crippen LogP contribution in [0.15, 0.2) is 12.3 Å². The highest BCUT2D eigenvalue weighted by Crippen LogP contribution is 2.29. The van der Waals surface area contributed by atoms with Gasteiger partial charge < -0.3 is 20.7 Å². The predicted molar refractivity (Wildman–Crippen MR) is 82.4 cm³/mol. The number of amides is 1. The first-order valence-corrected chi connectivity index (χ1v) is 7.40. The molecule has 0 aromatic carbocycles. The lowest BCUT2D eigenvalue weighted by molar-refractivity contribution is -0.125. The molecule has 1 fully saturated rings. The minimum atomic E-state index is -0.431. The van der Waals surface area contributed by atoms with Crippen LogP contribution in [0.25, 0.3) is 0 Å². The maximum atomic E-state index is 12.3. The summed E-state index contributed by atoms with van der Waals surface area (Å²) < 4.78 is 5.43. The Kier molecular flexibility index (Phi) is 5.39. The van der Waals surface area contributed by atoms with E-state index < -0.39 is 6.04 Å². The number of nitrogens with zero attached hydrogens (tertiary/aromatic N) is 2. The standard InChI is InChI=1S/C14H21ClN4O2/c1-9(2)18-14(20)11-8-21-6-5-19(11)13-12(15)10(7-16)3-4-17-13/h3-4,9,11H,5-8,16H2,1-2H3,(H,18,20). The normalized spacial score (nSPS) is 18.9. The fraction of sp³-hybridized carbons (Fsp3) is 0.571. The summed E-state index contributed by atoms with van der Waals surface area (Å²) in [5.74, 6) is 0.507. The van der Waals surface area contributed by atoms with Crippen molar-refractivity contribution in [2.45, 2.75) is 32.5 Å². The molecule has 1 aromatic heterocycles. The van der Waals surface area contributed by atoms with E-state index in [4.69, 9.17) is 22.1 Å². The molecule has 0 saturated carbocycles. The van der Waals surface area contributed by atoms with Crippen molar-refractivity contribution < 1.29 is 9.53 Å². The summed E-state index contributed by atoms with van der Waals surface area (Å²) in [6.07, 6.45) is 1.66.